The van der Waals surface area contributed by atoms with Gasteiger partial charge in [0.05, 0.1) is 13.2 Å². The fourth-order valence-corrected chi connectivity index (χ4v) is 2.23. The minimum atomic E-state index is 0.179. The Bertz CT molecular complexity index is 577. The molecule has 0 amide bonds. The average molecular weight is 293 g/mol. The minimum absolute atomic E-state index is 0.179. The third-order valence-corrected chi connectivity index (χ3v) is 4.81. The number of furan rings is 1. The molecule has 0 spiro atoms. The highest BCUT2D eigenvalue weighted by Gasteiger charge is 2.19. The van der Waals surface area contributed by atoms with Crippen LogP contribution in [0.2, 0.25) is 0 Å². The van der Waals surface area contributed by atoms with E-state index in [4.69, 9.17) is 9.15 Å². The van der Waals surface area contributed by atoms with Crippen molar-refractivity contribution in [1.29, 1.82) is 0 Å². The molecule has 0 aliphatic carbocycles. The molecule has 1 aromatic heterocycles. The zero-order chi connectivity index (χ0) is 14.8. The molecule has 4 heteroatoms. The van der Waals surface area contributed by atoms with Gasteiger partial charge in [0.25, 0.3) is 0 Å². The number of rotatable bonds is 6. The summed E-state index contributed by atoms with van der Waals surface area (Å²) in [7, 11) is 1.67. The van der Waals surface area contributed by atoms with Crippen LogP contribution in [-0.2, 0) is 0 Å². The van der Waals surface area contributed by atoms with Crippen molar-refractivity contribution in [2.75, 3.05) is 19.9 Å². The smallest absolute Gasteiger partial charge is 0.176 e. The van der Waals surface area contributed by atoms with Crippen LogP contribution in [0.4, 0.5) is 0 Å². The molecule has 1 N–H and O–H groups in total. The summed E-state index contributed by atoms with van der Waals surface area (Å²) < 4.78 is 11.5. The maximum absolute atomic E-state index is 5.96. The van der Waals surface area contributed by atoms with Crippen molar-refractivity contribution in [3.8, 4) is 5.75 Å². The maximum Gasteiger partial charge on any atom is 0.176 e. The average Bonchev–Trinajstić information content (AvgIpc) is 2.88. The summed E-state index contributed by atoms with van der Waals surface area (Å²) in [4.78, 5) is 0. The molecule has 1 heterocycles. The number of hydrogen-bond acceptors (Lipinski definition) is 4. The largest absolute Gasteiger partial charge is 0.493 e. The first kappa shape index (κ1) is 15.3. The van der Waals surface area contributed by atoms with E-state index in [2.05, 4.69) is 38.4 Å². The third-order valence-electron chi connectivity index (χ3n) is 3.56. The minimum Gasteiger partial charge on any atom is -0.493 e. The molecule has 2 rings (SSSR count). The fraction of sp³-hybridized carbons (Fsp3) is 0.500. The van der Waals surface area contributed by atoms with Gasteiger partial charge in [-0.1, -0.05) is 12.1 Å². The summed E-state index contributed by atoms with van der Waals surface area (Å²) in [6.45, 7) is 7.53. The van der Waals surface area contributed by atoms with Crippen molar-refractivity contribution in [1.82, 2.24) is 5.32 Å². The Labute approximate surface area is 125 Å². The van der Waals surface area contributed by atoms with Gasteiger partial charge in [-0.05, 0) is 39.2 Å². The third kappa shape index (κ3) is 3.30. The molecule has 1 aromatic carbocycles. The van der Waals surface area contributed by atoms with Crippen LogP contribution in [0.3, 0.4) is 0 Å². The van der Waals surface area contributed by atoms with E-state index in [9.17, 15) is 0 Å². The summed E-state index contributed by atoms with van der Waals surface area (Å²) in [6.07, 6.45) is 2.14. The lowest BCUT2D eigenvalue weighted by Crippen LogP contribution is -2.33. The zero-order valence-electron chi connectivity index (χ0n) is 12.8. The Morgan fingerprint density at radius 2 is 2.15 bits per heavy atom. The lowest BCUT2D eigenvalue weighted by molar-refractivity contribution is 0.397. The normalized spacial score (nSPS) is 13.7. The summed E-state index contributed by atoms with van der Waals surface area (Å²) >= 11 is 1.86. The predicted octanol–water partition coefficient (Wildman–Crippen LogP) is 4.23. The number of thioether (sulfide) groups is 1. The number of hydrogen-bond donors (Lipinski definition) is 1. The van der Waals surface area contributed by atoms with Crippen LogP contribution in [0.15, 0.2) is 28.7 Å². The molecule has 0 aliphatic heterocycles. The standard InChI is InChI=1S/C16H23NO2S/c1-11(17-10-16(2,3)20-5)14-9-12-7-6-8-13(18-4)15(12)19-14/h6-9,11,17H,10H2,1-5H3. The molecule has 0 radical (unpaired) electrons. The maximum atomic E-state index is 5.96. The van der Waals surface area contributed by atoms with Gasteiger partial charge >= 0.3 is 0 Å². The van der Waals surface area contributed by atoms with Gasteiger partial charge in [0, 0.05) is 16.7 Å². The van der Waals surface area contributed by atoms with Crippen LogP contribution in [0, 0.1) is 0 Å². The molecule has 0 bridgehead atoms. The molecule has 0 aliphatic rings. The lowest BCUT2D eigenvalue weighted by Gasteiger charge is -2.24. The van der Waals surface area contributed by atoms with Crippen LogP contribution in [0.25, 0.3) is 11.0 Å². The van der Waals surface area contributed by atoms with Crippen molar-refractivity contribution in [3.63, 3.8) is 0 Å². The van der Waals surface area contributed by atoms with E-state index < -0.39 is 0 Å². The molecule has 1 unspecified atom stereocenters. The van der Waals surface area contributed by atoms with Gasteiger partial charge in [0.2, 0.25) is 0 Å². The van der Waals surface area contributed by atoms with Gasteiger partial charge in [-0.15, -0.1) is 0 Å². The first-order valence-electron chi connectivity index (χ1n) is 6.82. The number of benzene rings is 1. The summed E-state index contributed by atoms with van der Waals surface area (Å²) in [5, 5.41) is 4.61. The Hall–Kier alpha value is -1.13. The summed E-state index contributed by atoms with van der Waals surface area (Å²) in [5.74, 6) is 1.73. The highest BCUT2D eigenvalue weighted by atomic mass is 32.2. The van der Waals surface area contributed by atoms with Gasteiger partial charge in [-0.3, -0.25) is 0 Å². The molecule has 2 aromatic rings. The number of ether oxygens (including phenoxy) is 1. The topological polar surface area (TPSA) is 34.4 Å². The van der Waals surface area contributed by atoms with Gasteiger partial charge in [-0.25, -0.2) is 0 Å². The summed E-state index contributed by atoms with van der Waals surface area (Å²) in [6, 6.07) is 8.21. The number of methoxy groups -OCH3 is 1. The molecule has 0 saturated carbocycles. The SMILES string of the molecule is COc1cccc2cc(C(C)NCC(C)(C)SC)oc12. The predicted molar refractivity (Wildman–Crippen MR) is 86.8 cm³/mol. The van der Waals surface area contributed by atoms with Crippen LogP contribution in [-0.4, -0.2) is 24.7 Å². The highest BCUT2D eigenvalue weighted by molar-refractivity contribution is 7.99. The second kappa shape index (κ2) is 6.10. The van der Waals surface area contributed by atoms with Gasteiger partial charge < -0.3 is 14.5 Å². The summed E-state index contributed by atoms with van der Waals surface area (Å²) in [5.41, 5.74) is 0.822. The molecule has 20 heavy (non-hydrogen) atoms. The van der Waals surface area contributed by atoms with Crippen molar-refractivity contribution < 1.29 is 9.15 Å². The first-order chi connectivity index (χ1) is 9.46. The molecule has 3 nitrogen and oxygen atoms in total. The Kier molecular flexibility index (Phi) is 4.66. The van der Waals surface area contributed by atoms with Crippen LogP contribution < -0.4 is 10.1 Å². The molecule has 110 valence electrons. The van der Waals surface area contributed by atoms with Crippen molar-refractivity contribution in [2.45, 2.75) is 31.6 Å². The van der Waals surface area contributed by atoms with Crippen molar-refractivity contribution >= 4 is 22.7 Å². The zero-order valence-corrected chi connectivity index (χ0v) is 13.6. The van der Waals surface area contributed by atoms with E-state index in [-0.39, 0.29) is 10.8 Å². The van der Waals surface area contributed by atoms with Crippen LogP contribution in [0.1, 0.15) is 32.6 Å². The number of nitrogens with one attached hydrogen (secondary N) is 1. The van der Waals surface area contributed by atoms with E-state index in [1.54, 1.807) is 7.11 Å². The molecule has 0 fully saturated rings. The Morgan fingerprint density at radius 1 is 1.40 bits per heavy atom. The van der Waals surface area contributed by atoms with E-state index in [1.165, 1.54) is 0 Å². The highest BCUT2D eigenvalue weighted by Crippen LogP contribution is 2.31. The van der Waals surface area contributed by atoms with E-state index in [0.717, 1.165) is 29.0 Å². The van der Waals surface area contributed by atoms with E-state index >= 15 is 0 Å². The Balaban J connectivity index is 2.16. The van der Waals surface area contributed by atoms with Gasteiger partial charge in [0.15, 0.2) is 11.3 Å². The number of para-hydroxylation sites is 1. The number of fused-ring (bicyclic) bond motifs is 1. The first-order valence-corrected chi connectivity index (χ1v) is 8.04. The van der Waals surface area contributed by atoms with E-state index in [0.29, 0.717) is 0 Å². The fourth-order valence-electron chi connectivity index (χ4n) is 2.00. The monoisotopic (exact) mass is 293 g/mol. The second-order valence-electron chi connectivity index (χ2n) is 5.59. The Morgan fingerprint density at radius 3 is 2.80 bits per heavy atom. The lowest BCUT2D eigenvalue weighted by atomic mass is 10.1. The second-order valence-corrected chi connectivity index (χ2v) is 7.11. The molecular formula is C16H23NO2S. The van der Waals surface area contributed by atoms with Crippen molar-refractivity contribution in [2.24, 2.45) is 0 Å². The van der Waals surface area contributed by atoms with Crippen LogP contribution in [0.5, 0.6) is 5.75 Å². The molecule has 0 saturated heterocycles. The molecule has 1 atom stereocenters. The van der Waals surface area contributed by atoms with Crippen LogP contribution >= 0.6 is 11.8 Å². The van der Waals surface area contributed by atoms with E-state index in [1.807, 2.05) is 30.0 Å². The van der Waals surface area contributed by atoms with Gasteiger partial charge in [-0.2, -0.15) is 11.8 Å². The van der Waals surface area contributed by atoms with Crippen molar-refractivity contribution in [3.05, 3.63) is 30.0 Å². The molecular weight excluding hydrogens is 270 g/mol. The van der Waals surface area contributed by atoms with Gasteiger partial charge in [0.1, 0.15) is 5.76 Å². The quantitative estimate of drug-likeness (QED) is 0.864.